The van der Waals surface area contributed by atoms with Gasteiger partial charge < -0.3 is 11.8 Å². The maximum Gasteiger partial charge on any atom is 0.139 e. The molecule has 1 aliphatic rings. The quantitative estimate of drug-likeness (QED) is 0.394. The molecule has 1 saturated heterocycles. The van der Waals surface area contributed by atoms with Gasteiger partial charge in [0.1, 0.15) is 12.1 Å². The van der Waals surface area contributed by atoms with Crippen LogP contribution in [0, 0.1) is 43.5 Å². The second kappa shape index (κ2) is 9.22. The van der Waals surface area contributed by atoms with Crippen LogP contribution in [0.1, 0.15) is 31.2 Å². The summed E-state index contributed by atoms with van der Waals surface area (Å²) < 4.78 is 0. The van der Waals surface area contributed by atoms with Crippen molar-refractivity contribution in [3.63, 3.8) is 0 Å². The van der Waals surface area contributed by atoms with Crippen LogP contribution in [-0.2, 0) is 6.42 Å². The second-order valence-corrected chi connectivity index (χ2v) is 7.58. The van der Waals surface area contributed by atoms with Crippen LogP contribution in [0.25, 0.3) is 10.9 Å². The number of aryl methyl sites for hydroxylation is 1. The van der Waals surface area contributed by atoms with Gasteiger partial charge in [0.2, 0.25) is 0 Å². The maximum atomic E-state index is 4.63. The number of piperidine rings is 1. The van der Waals surface area contributed by atoms with Crippen LogP contribution >= 0.6 is 0 Å². The minimum absolute atomic E-state index is 0. The molecule has 0 radical (unpaired) electrons. The minimum Gasteiger partial charge on any atom is -0.358 e. The Kier molecular flexibility index (Phi) is 6.95. The van der Waals surface area contributed by atoms with Crippen LogP contribution in [0.3, 0.4) is 0 Å². The molecule has 0 saturated carbocycles. The summed E-state index contributed by atoms with van der Waals surface area (Å²) in [6.45, 7) is 6.66. The summed E-state index contributed by atoms with van der Waals surface area (Å²) >= 11 is 0. The van der Waals surface area contributed by atoms with Crippen molar-refractivity contribution < 1.29 is 31.1 Å². The Hall–Kier alpha value is -1.37. The van der Waals surface area contributed by atoms with Crippen molar-refractivity contribution in [3.8, 4) is 0 Å². The van der Waals surface area contributed by atoms with Gasteiger partial charge in [-0.2, -0.15) is 0 Å². The van der Waals surface area contributed by atoms with E-state index >= 15 is 0 Å². The van der Waals surface area contributed by atoms with E-state index in [0.29, 0.717) is 0 Å². The molecule has 138 valence electrons. The molecular weight excluding hydrogens is 556 g/mol. The molecule has 2 heterocycles. The molecule has 1 fully saturated rings. The van der Waals surface area contributed by atoms with E-state index in [2.05, 4.69) is 70.3 Å². The van der Waals surface area contributed by atoms with Gasteiger partial charge in [-0.05, 0) is 37.1 Å². The van der Waals surface area contributed by atoms with E-state index in [1.54, 1.807) is 6.33 Å². The molecule has 2 aromatic carbocycles. The van der Waals surface area contributed by atoms with Gasteiger partial charge in [0.15, 0.2) is 0 Å². The van der Waals surface area contributed by atoms with Crippen LogP contribution < -0.4 is 4.90 Å². The van der Waals surface area contributed by atoms with Crippen LogP contribution in [-0.4, -0.2) is 23.1 Å². The van der Waals surface area contributed by atoms with E-state index in [4.69, 9.17) is 0 Å². The zero-order chi connectivity index (χ0) is 17.8. The molecule has 1 aliphatic heterocycles. The molecule has 1 aromatic heterocycles. The Bertz CT molecular complexity index is 862. The van der Waals surface area contributed by atoms with Gasteiger partial charge in [0.05, 0.1) is 5.52 Å². The van der Waals surface area contributed by atoms with E-state index in [0.717, 1.165) is 42.7 Å². The third-order valence-corrected chi connectivity index (χ3v) is 5.50. The number of para-hydroxylation sites is 1. The molecule has 3 nitrogen and oxygen atoms in total. The van der Waals surface area contributed by atoms with Crippen LogP contribution in [0.2, 0.25) is 0 Å². The largest absolute Gasteiger partial charge is 0.358 e. The number of benzene rings is 2. The molecule has 1 atom stereocenters. The molecule has 3 aromatic rings. The molecule has 4 heteroatoms. The molecule has 0 spiro atoms. The minimum atomic E-state index is 0. The molecule has 27 heavy (non-hydrogen) atoms. The van der Waals surface area contributed by atoms with Gasteiger partial charge in [0.25, 0.3) is 0 Å². The Labute approximate surface area is 186 Å². The van der Waals surface area contributed by atoms with Crippen molar-refractivity contribution >= 4 is 16.7 Å². The first-order valence-corrected chi connectivity index (χ1v) is 9.58. The first-order chi connectivity index (χ1) is 12.7. The molecule has 4 rings (SSSR count). The number of hydrogen-bond acceptors (Lipinski definition) is 3. The summed E-state index contributed by atoms with van der Waals surface area (Å²) in [7, 11) is 0. The van der Waals surface area contributed by atoms with Crippen LogP contribution in [0.5, 0.6) is 0 Å². The van der Waals surface area contributed by atoms with Crippen molar-refractivity contribution in [2.24, 2.45) is 5.41 Å². The van der Waals surface area contributed by atoms with Crippen LogP contribution in [0.15, 0.2) is 60.9 Å². The summed E-state index contributed by atoms with van der Waals surface area (Å²) in [6.07, 6.45) is 7.53. The average molecular weight is 583 g/mol. The number of nitrogens with zero attached hydrogens (tertiary/aromatic N) is 3. The van der Waals surface area contributed by atoms with Gasteiger partial charge in [0, 0.05) is 43.0 Å². The monoisotopic (exact) mass is 582 g/mol. The summed E-state index contributed by atoms with van der Waals surface area (Å²) in [5.74, 6) is 1.06. The normalized spacial score (nSPS) is 19.7. The Morgan fingerprint density at radius 1 is 1.00 bits per heavy atom. The van der Waals surface area contributed by atoms with Gasteiger partial charge in [-0.25, -0.2) is 9.97 Å². The average Bonchev–Trinajstić information content (AvgIpc) is 2.68. The van der Waals surface area contributed by atoms with Crippen LogP contribution in [0.4, 0.5) is 5.82 Å². The second-order valence-electron chi connectivity index (χ2n) is 7.58. The summed E-state index contributed by atoms with van der Waals surface area (Å²) in [5, 5.41) is 1.14. The molecular formula is C23H26N3U-. The van der Waals surface area contributed by atoms with Gasteiger partial charge in [-0.15, -0.1) is 5.41 Å². The Morgan fingerprint density at radius 3 is 2.63 bits per heavy atom. The van der Waals surface area contributed by atoms with Gasteiger partial charge >= 0.3 is 0 Å². The molecule has 0 aliphatic carbocycles. The number of anilines is 1. The molecule has 0 bridgehead atoms. The Morgan fingerprint density at radius 2 is 1.78 bits per heavy atom. The molecule has 0 N–H and O–H groups in total. The van der Waals surface area contributed by atoms with E-state index in [9.17, 15) is 0 Å². The van der Waals surface area contributed by atoms with Gasteiger partial charge in [-0.3, -0.25) is 0 Å². The fourth-order valence-electron chi connectivity index (χ4n) is 4.15. The van der Waals surface area contributed by atoms with Crippen molar-refractivity contribution in [2.45, 2.75) is 32.1 Å². The maximum absolute atomic E-state index is 4.63. The van der Waals surface area contributed by atoms with Crippen molar-refractivity contribution in [1.82, 2.24) is 9.97 Å². The third kappa shape index (κ3) is 4.92. The standard InChI is InChI=1S/C23H26N3.U/c1-23(14-7-11-19-9-3-2-4-10-19)15-8-16-26(17-23)22-20-12-5-6-13-21(20)24-18-25-22;/h2-6,9-10,12-13,18H,1,7-8,11,14-17H2;/q-1;. The summed E-state index contributed by atoms with van der Waals surface area (Å²) in [4.78, 5) is 11.4. The van der Waals surface area contributed by atoms with E-state index in [1.165, 1.54) is 24.8 Å². The number of hydrogen-bond donors (Lipinski definition) is 0. The summed E-state index contributed by atoms with van der Waals surface area (Å²) in [5.41, 5.74) is 2.55. The number of rotatable bonds is 5. The topological polar surface area (TPSA) is 29.0 Å². The van der Waals surface area contributed by atoms with Crippen molar-refractivity contribution in [3.05, 3.63) is 73.4 Å². The van der Waals surface area contributed by atoms with Gasteiger partial charge in [-0.1, -0.05) is 61.7 Å². The number of aromatic nitrogens is 2. The first kappa shape index (κ1) is 20.4. The van der Waals surface area contributed by atoms with Crippen molar-refractivity contribution in [1.29, 1.82) is 0 Å². The Balaban J connectivity index is 0.00000210. The zero-order valence-corrected chi connectivity index (χ0v) is 19.9. The molecule has 1 unspecified atom stereocenters. The van der Waals surface area contributed by atoms with E-state index < -0.39 is 0 Å². The SMILES string of the molecule is [CH2-]C1(CCCc2ccccc2)CCCN(c2ncnc3ccccc23)C1.[U]. The third-order valence-electron chi connectivity index (χ3n) is 5.50. The van der Waals surface area contributed by atoms with Crippen molar-refractivity contribution in [2.75, 3.05) is 18.0 Å². The summed E-state index contributed by atoms with van der Waals surface area (Å²) in [6, 6.07) is 19.0. The zero-order valence-electron chi connectivity index (χ0n) is 15.8. The first-order valence-electron chi connectivity index (χ1n) is 9.58. The smallest absolute Gasteiger partial charge is 0.139 e. The predicted octanol–water partition coefficient (Wildman–Crippen LogP) is 5.07. The van der Waals surface area contributed by atoms with E-state index in [-0.39, 0.29) is 36.5 Å². The molecule has 0 amide bonds. The van der Waals surface area contributed by atoms with E-state index in [1.807, 2.05) is 6.07 Å². The fourth-order valence-corrected chi connectivity index (χ4v) is 4.15. The fraction of sp³-hybridized carbons (Fsp3) is 0.348. The predicted molar refractivity (Wildman–Crippen MR) is 108 cm³/mol. The number of fused-ring (bicyclic) bond motifs is 1.